The predicted octanol–water partition coefficient (Wildman–Crippen LogP) is 4.43. The van der Waals surface area contributed by atoms with Crippen molar-refractivity contribution in [3.05, 3.63) is 82.9 Å². The highest BCUT2D eigenvalue weighted by atomic mass is 35.5. The van der Waals surface area contributed by atoms with Crippen LogP contribution in [0.4, 0.5) is 16.2 Å². The minimum absolute atomic E-state index is 0.253. The Hall–Kier alpha value is -4.83. The van der Waals surface area contributed by atoms with Crippen molar-refractivity contribution < 1.29 is 33.4 Å². The van der Waals surface area contributed by atoms with Gasteiger partial charge in [-0.1, -0.05) is 29.8 Å². The third-order valence-electron chi connectivity index (χ3n) is 5.50. The van der Waals surface area contributed by atoms with Gasteiger partial charge in [-0.05, 0) is 67.1 Å². The first-order valence-corrected chi connectivity index (χ1v) is 12.2. The number of carbonyl (C=O) groups excluding carboxylic acids is 4. The lowest BCUT2D eigenvalue weighted by Gasteiger charge is -2.26. The molecule has 0 aliphatic carbocycles. The van der Waals surface area contributed by atoms with E-state index in [0.717, 1.165) is 4.90 Å². The third-order valence-corrected chi connectivity index (χ3v) is 5.76. The first-order chi connectivity index (χ1) is 18.8. The van der Waals surface area contributed by atoms with Gasteiger partial charge in [-0.15, -0.1) is 0 Å². The second-order valence-electron chi connectivity index (χ2n) is 8.11. The van der Waals surface area contributed by atoms with Crippen LogP contribution in [0.15, 0.2) is 72.3 Å². The molecule has 1 heterocycles. The molecule has 0 bridgehead atoms. The second-order valence-corrected chi connectivity index (χ2v) is 8.55. The van der Waals surface area contributed by atoms with Crippen molar-refractivity contribution in [2.45, 2.75) is 6.92 Å². The number of anilines is 2. The number of hydrogen-bond donors (Lipinski definition) is 2. The molecule has 3 aromatic rings. The van der Waals surface area contributed by atoms with Gasteiger partial charge in [0.15, 0.2) is 18.1 Å². The van der Waals surface area contributed by atoms with Crippen LogP contribution in [0, 0.1) is 0 Å². The van der Waals surface area contributed by atoms with E-state index in [4.69, 9.17) is 25.8 Å². The van der Waals surface area contributed by atoms with Crippen LogP contribution in [0.3, 0.4) is 0 Å². The Labute approximate surface area is 229 Å². The molecule has 0 aromatic heterocycles. The molecule has 0 atom stereocenters. The van der Waals surface area contributed by atoms with E-state index in [-0.39, 0.29) is 23.6 Å². The summed E-state index contributed by atoms with van der Waals surface area (Å²) >= 11 is 5.91. The van der Waals surface area contributed by atoms with Crippen LogP contribution >= 0.6 is 11.6 Å². The highest BCUT2D eigenvalue weighted by Gasteiger charge is 2.36. The van der Waals surface area contributed by atoms with E-state index in [1.807, 2.05) is 0 Å². The highest BCUT2D eigenvalue weighted by Crippen LogP contribution is 2.31. The van der Waals surface area contributed by atoms with Gasteiger partial charge in [0, 0.05) is 5.02 Å². The van der Waals surface area contributed by atoms with Crippen molar-refractivity contribution in [1.29, 1.82) is 0 Å². The van der Waals surface area contributed by atoms with Crippen molar-refractivity contribution in [3.63, 3.8) is 0 Å². The molecule has 39 heavy (non-hydrogen) atoms. The number of urea groups is 1. The van der Waals surface area contributed by atoms with Gasteiger partial charge in [0.25, 0.3) is 17.7 Å². The van der Waals surface area contributed by atoms with Crippen molar-refractivity contribution in [2.75, 3.05) is 30.5 Å². The molecule has 4 rings (SSSR count). The number of carbonyl (C=O) groups is 4. The van der Waals surface area contributed by atoms with E-state index >= 15 is 0 Å². The zero-order chi connectivity index (χ0) is 27.9. The molecule has 0 radical (unpaired) electrons. The topological polar surface area (TPSA) is 123 Å². The maximum atomic E-state index is 13.1. The van der Waals surface area contributed by atoms with Crippen LogP contribution in [0.2, 0.25) is 5.02 Å². The standard InChI is InChI=1S/C28H24ClN3O7/c1-3-38-24-15-17(8-13-23(24)39-16-25(33)30-21-6-4-5-7-22(21)37-2)14-20-26(34)31-28(36)32(27(20)35)19-11-9-18(29)10-12-19/h4-15H,3,16H2,1-2H3,(H,30,33)(H,31,34,36)/b20-14-. The summed E-state index contributed by atoms with van der Waals surface area (Å²) in [5, 5.41) is 5.32. The lowest BCUT2D eigenvalue weighted by molar-refractivity contribution is -0.122. The van der Waals surface area contributed by atoms with E-state index in [0.29, 0.717) is 34.4 Å². The van der Waals surface area contributed by atoms with Gasteiger partial charge in [-0.25, -0.2) is 9.69 Å². The number of rotatable bonds is 9. The molecule has 5 amide bonds. The molecule has 10 nitrogen and oxygen atoms in total. The summed E-state index contributed by atoms with van der Waals surface area (Å²) in [6, 6.07) is 16.9. The molecule has 11 heteroatoms. The zero-order valence-corrected chi connectivity index (χ0v) is 21.8. The van der Waals surface area contributed by atoms with Crippen molar-refractivity contribution in [3.8, 4) is 17.2 Å². The minimum atomic E-state index is -0.866. The van der Waals surface area contributed by atoms with E-state index in [9.17, 15) is 19.2 Å². The number of barbiturate groups is 1. The zero-order valence-electron chi connectivity index (χ0n) is 21.0. The fraction of sp³-hybridized carbons (Fsp3) is 0.143. The van der Waals surface area contributed by atoms with E-state index < -0.39 is 23.8 Å². The number of ether oxygens (including phenoxy) is 3. The summed E-state index contributed by atoms with van der Waals surface area (Å²) in [7, 11) is 1.50. The molecule has 3 aromatic carbocycles. The Morgan fingerprint density at radius 3 is 2.44 bits per heavy atom. The van der Waals surface area contributed by atoms with Crippen LogP contribution in [0.1, 0.15) is 12.5 Å². The Balaban J connectivity index is 1.53. The molecule has 0 saturated carbocycles. The molecule has 1 saturated heterocycles. The van der Waals surface area contributed by atoms with Crippen molar-refractivity contribution in [1.82, 2.24) is 5.32 Å². The molecule has 1 fully saturated rings. The van der Waals surface area contributed by atoms with Crippen LogP contribution in [0.5, 0.6) is 17.2 Å². The molecule has 1 aliphatic rings. The Morgan fingerprint density at radius 1 is 0.974 bits per heavy atom. The quantitative estimate of drug-likeness (QED) is 0.299. The van der Waals surface area contributed by atoms with Gasteiger partial charge in [0.1, 0.15) is 11.3 Å². The minimum Gasteiger partial charge on any atom is -0.495 e. The number of nitrogens with zero attached hydrogens (tertiary/aromatic N) is 1. The van der Waals surface area contributed by atoms with Gasteiger partial charge < -0.3 is 19.5 Å². The largest absolute Gasteiger partial charge is 0.495 e. The van der Waals surface area contributed by atoms with Gasteiger partial charge in [-0.3, -0.25) is 19.7 Å². The fourth-order valence-corrected chi connectivity index (χ4v) is 3.85. The molecule has 2 N–H and O–H groups in total. The number of imide groups is 2. The maximum absolute atomic E-state index is 13.1. The average molecular weight is 550 g/mol. The van der Waals surface area contributed by atoms with Gasteiger partial charge >= 0.3 is 6.03 Å². The molecule has 0 unspecified atom stereocenters. The number of benzene rings is 3. The lowest BCUT2D eigenvalue weighted by atomic mass is 10.1. The van der Waals surface area contributed by atoms with Gasteiger partial charge in [0.05, 0.1) is 25.1 Å². The Bertz CT molecular complexity index is 1450. The molecule has 0 spiro atoms. The Kier molecular flexibility index (Phi) is 8.47. The maximum Gasteiger partial charge on any atom is 0.335 e. The molecular weight excluding hydrogens is 526 g/mol. The first kappa shape index (κ1) is 27.2. The Morgan fingerprint density at radius 2 is 1.72 bits per heavy atom. The fourth-order valence-electron chi connectivity index (χ4n) is 3.73. The number of methoxy groups -OCH3 is 1. The van der Waals surface area contributed by atoms with Crippen LogP contribution in [-0.2, 0) is 14.4 Å². The second kappa shape index (κ2) is 12.1. The number of halogens is 1. The predicted molar refractivity (Wildman–Crippen MR) is 145 cm³/mol. The average Bonchev–Trinajstić information content (AvgIpc) is 2.92. The SMILES string of the molecule is CCOc1cc(/C=C2/C(=O)NC(=O)N(c3ccc(Cl)cc3)C2=O)ccc1OCC(=O)Nc1ccccc1OC. The van der Waals surface area contributed by atoms with Crippen molar-refractivity contribution >= 4 is 52.8 Å². The summed E-state index contributed by atoms with van der Waals surface area (Å²) < 4.78 is 16.6. The molecule has 1 aliphatic heterocycles. The third kappa shape index (κ3) is 6.36. The highest BCUT2D eigenvalue weighted by molar-refractivity contribution is 6.39. The number of para-hydroxylation sites is 2. The normalized spacial score (nSPS) is 14.2. The first-order valence-electron chi connectivity index (χ1n) is 11.8. The lowest BCUT2D eigenvalue weighted by Crippen LogP contribution is -2.54. The molecule has 200 valence electrons. The smallest absolute Gasteiger partial charge is 0.335 e. The molecular formula is C28H24ClN3O7. The van der Waals surface area contributed by atoms with E-state index in [1.165, 1.54) is 37.5 Å². The van der Waals surface area contributed by atoms with Crippen LogP contribution < -0.4 is 29.7 Å². The van der Waals surface area contributed by atoms with Crippen LogP contribution in [0.25, 0.3) is 6.08 Å². The van der Waals surface area contributed by atoms with Crippen molar-refractivity contribution in [2.24, 2.45) is 0 Å². The van der Waals surface area contributed by atoms with E-state index in [1.54, 1.807) is 49.4 Å². The number of nitrogens with one attached hydrogen (secondary N) is 2. The summed E-state index contributed by atoms with van der Waals surface area (Å²) in [5.41, 5.74) is 0.942. The summed E-state index contributed by atoms with van der Waals surface area (Å²) in [6.45, 7) is 1.76. The summed E-state index contributed by atoms with van der Waals surface area (Å²) in [4.78, 5) is 51.3. The van der Waals surface area contributed by atoms with E-state index in [2.05, 4.69) is 10.6 Å². The summed E-state index contributed by atoms with van der Waals surface area (Å²) in [5.74, 6) is -0.947. The number of hydrogen-bond acceptors (Lipinski definition) is 7. The van der Waals surface area contributed by atoms with Gasteiger partial charge in [0.2, 0.25) is 0 Å². The van der Waals surface area contributed by atoms with Crippen LogP contribution in [-0.4, -0.2) is 44.1 Å². The number of amides is 5. The monoisotopic (exact) mass is 549 g/mol. The van der Waals surface area contributed by atoms with Gasteiger partial charge in [-0.2, -0.15) is 0 Å². The summed E-state index contributed by atoms with van der Waals surface area (Å²) in [6.07, 6.45) is 1.34.